The summed E-state index contributed by atoms with van der Waals surface area (Å²) in [5.74, 6) is 0.236. The average molecular weight is 509 g/mol. The molecule has 0 bridgehead atoms. The molecule has 0 unspecified atom stereocenters. The molecule has 0 atom stereocenters. The summed E-state index contributed by atoms with van der Waals surface area (Å²) in [6.07, 6.45) is 0.724. The van der Waals surface area contributed by atoms with Crippen LogP contribution in [0.4, 0.5) is 15.9 Å². The Morgan fingerprint density at radius 1 is 1.11 bits per heavy atom. The van der Waals surface area contributed by atoms with Crippen LogP contribution in [0.5, 0.6) is 0 Å². The van der Waals surface area contributed by atoms with Crippen LogP contribution in [0.1, 0.15) is 41.9 Å². The highest BCUT2D eigenvalue weighted by Crippen LogP contribution is 2.30. The highest BCUT2D eigenvalue weighted by Gasteiger charge is 2.28. The normalized spacial score (nSPS) is 14.1. The van der Waals surface area contributed by atoms with Gasteiger partial charge in [0.1, 0.15) is 11.6 Å². The molecule has 1 fully saturated rings. The monoisotopic (exact) mass is 508 g/mol. The first-order chi connectivity index (χ1) is 17.8. The third-order valence-corrected chi connectivity index (χ3v) is 6.76. The Labute approximate surface area is 216 Å². The van der Waals surface area contributed by atoms with Crippen molar-refractivity contribution in [2.24, 2.45) is 0 Å². The Bertz CT molecular complexity index is 1270. The largest absolute Gasteiger partial charge is 0.354 e. The van der Waals surface area contributed by atoms with E-state index in [4.69, 9.17) is 5.10 Å². The first kappa shape index (κ1) is 26.3. The molecule has 1 aliphatic rings. The fraction of sp³-hybridized carbons (Fsp3) is 0.407. The van der Waals surface area contributed by atoms with Crippen LogP contribution < -0.4 is 4.90 Å². The third-order valence-electron chi connectivity index (χ3n) is 6.76. The fourth-order valence-corrected chi connectivity index (χ4v) is 4.77. The number of amides is 1. The number of anilines is 1. The number of carbonyl (C=O) groups is 1. The Morgan fingerprint density at radius 3 is 2.49 bits per heavy atom. The predicted molar refractivity (Wildman–Crippen MR) is 141 cm³/mol. The molecular formula is C27H33FN6O3. The number of likely N-dealkylation sites (N-methyl/N-ethyl adjacent to an activating group) is 1. The van der Waals surface area contributed by atoms with Crippen LogP contribution in [-0.2, 0) is 6.54 Å². The maximum absolute atomic E-state index is 14.2. The molecule has 37 heavy (non-hydrogen) atoms. The van der Waals surface area contributed by atoms with Gasteiger partial charge in [0, 0.05) is 56.0 Å². The van der Waals surface area contributed by atoms with Crippen LogP contribution in [0, 0.1) is 22.9 Å². The molecule has 9 nitrogen and oxygen atoms in total. The Morgan fingerprint density at radius 2 is 1.84 bits per heavy atom. The van der Waals surface area contributed by atoms with Gasteiger partial charge in [-0.15, -0.1) is 0 Å². The first-order valence-corrected chi connectivity index (χ1v) is 12.7. The van der Waals surface area contributed by atoms with Gasteiger partial charge in [0.2, 0.25) is 0 Å². The Balaban J connectivity index is 1.74. The maximum atomic E-state index is 14.2. The second-order valence-electron chi connectivity index (χ2n) is 9.23. The van der Waals surface area contributed by atoms with Gasteiger partial charge in [-0.3, -0.25) is 14.9 Å². The van der Waals surface area contributed by atoms with Crippen LogP contribution in [0.2, 0.25) is 0 Å². The van der Waals surface area contributed by atoms with E-state index < -0.39 is 4.92 Å². The maximum Gasteiger partial charge on any atom is 0.270 e. The van der Waals surface area contributed by atoms with Crippen molar-refractivity contribution in [1.29, 1.82) is 0 Å². The molecule has 2 heterocycles. The number of piperazine rings is 1. The van der Waals surface area contributed by atoms with Gasteiger partial charge in [-0.05, 0) is 44.2 Å². The van der Waals surface area contributed by atoms with Crippen LogP contribution in [0.3, 0.4) is 0 Å². The van der Waals surface area contributed by atoms with Crippen molar-refractivity contribution < 1.29 is 14.1 Å². The molecule has 0 aliphatic carbocycles. The number of aryl methyl sites for hydroxylation is 1. The molecule has 1 saturated heterocycles. The van der Waals surface area contributed by atoms with Gasteiger partial charge >= 0.3 is 0 Å². The van der Waals surface area contributed by atoms with Gasteiger partial charge < -0.3 is 14.7 Å². The predicted octanol–water partition coefficient (Wildman–Crippen LogP) is 4.42. The van der Waals surface area contributed by atoms with Gasteiger partial charge in [-0.1, -0.05) is 26.0 Å². The molecule has 0 radical (unpaired) electrons. The van der Waals surface area contributed by atoms with E-state index in [-0.39, 0.29) is 23.0 Å². The number of carbonyl (C=O) groups excluding carboxylic acids is 1. The molecule has 1 aromatic heterocycles. The number of hydrogen-bond acceptors (Lipinski definition) is 6. The molecule has 2 aromatic carbocycles. The minimum Gasteiger partial charge on any atom is -0.354 e. The average Bonchev–Trinajstić information content (AvgIpc) is 3.23. The highest BCUT2D eigenvalue weighted by atomic mass is 19.1. The molecule has 196 valence electrons. The number of benzene rings is 2. The summed E-state index contributed by atoms with van der Waals surface area (Å²) in [6.45, 7) is 11.1. The van der Waals surface area contributed by atoms with E-state index in [1.54, 1.807) is 21.7 Å². The number of nitro groups is 1. The van der Waals surface area contributed by atoms with Crippen molar-refractivity contribution in [3.63, 3.8) is 0 Å². The third kappa shape index (κ3) is 5.80. The Hall–Kier alpha value is -3.79. The van der Waals surface area contributed by atoms with Crippen molar-refractivity contribution in [3.05, 3.63) is 81.3 Å². The van der Waals surface area contributed by atoms with Crippen LogP contribution >= 0.6 is 0 Å². The second-order valence-corrected chi connectivity index (χ2v) is 9.23. The second kappa shape index (κ2) is 11.5. The lowest BCUT2D eigenvalue weighted by molar-refractivity contribution is -0.384. The number of non-ortho nitro benzene ring substituents is 1. The molecule has 1 aliphatic heterocycles. The number of halogens is 1. The van der Waals surface area contributed by atoms with E-state index in [0.29, 0.717) is 18.8 Å². The van der Waals surface area contributed by atoms with Crippen molar-refractivity contribution in [2.75, 3.05) is 44.2 Å². The SMILES string of the molecule is CCCN(Cc1c(C)nn(-c2cccc(F)c2)c1N1CCN(CC)CC1)C(=O)c1cccc([N+](=O)[O-])c1. The van der Waals surface area contributed by atoms with E-state index in [1.807, 2.05) is 19.9 Å². The lowest BCUT2D eigenvalue weighted by Gasteiger charge is -2.36. The number of hydrogen-bond donors (Lipinski definition) is 0. The smallest absolute Gasteiger partial charge is 0.270 e. The molecule has 0 spiro atoms. The summed E-state index contributed by atoms with van der Waals surface area (Å²) in [7, 11) is 0. The summed E-state index contributed by atoms with van der Waals surface area (Å²) >= 11 is 0. The zero-order valence-electron chi connectivity index (χ0n) is 21.6. The van der Waals surface area contributed by atoms with E-state index in [0.717, 1.165) is 56.2 Å². The molecule has 0 saturated carbocycles. The van der Waals surface area contributed by atoms with Gasteiger partial charge in [0.05, 0.1) is 22.8 Å². The molecule has 10 heteroatoms. The Kier molecular flexibility index (Phi) is 8.17. The summed E-state index contributed by atoms with van der Waals surface area (Å²) in [5, 5.41) is 16.1. The fourth-order valence-electron chi connectivity index (χ4n) is 4.77. The molecule has 0 N–H and O–H groups in total. The summed E-state index contributed by atoms with van der Waals surface area (Å²) in [5.41, 5.74) is 2.42. The van der Waals surface area contributed by atoms with Crippen LogP contribution in [-0.4, -0.2) is 69.7 Å². The standard InChI is InChI=1S/C27H33FN6O3/c1-4-12-32(27(35)21-8-6-11-24(17-21)34(36)37)19-25-20(3)29-33(23-10-7-9-22(28)18-23)26(25)31-15-13-30(5-2)14-16-31/h6-11,17-18H,4-5,12-16,19H2,1-3H3. The molecule has 4 rings (SSSR count). The minimum atomic E-state index is -0.498. The van der Waals surface area contributed by atoms with Gasteiger partial charge in [-0.25, -0.2) is 9.07 Å². The van der Waals surface area contributed by atoms with Gasteiger partial charge in [0.25, 0.3) is 11.6 Å². The van der Waals surface area contributed by atoms with E-state index >= 15 is 0 Å². The topological polar surface area (TPSA) is 87.8 Å². The quantitative estimate of drug-likeness (QED) is 0.314. The van der Waals surface area contributed by atoms with Gasteiger partial charge in [0.15, 0.2) is 0 Å². The van der Waals surface area contributed by atoms with Crippen molar-refractivity contribution >= 4 is 17.4 Å². The minimum absolute atomic E-state index is 0.119. The van der Waals surface area contributed by atoms with Crippen LogP contribution in [0.25, 0.3) is 5.69 Å². The zero-order chi connectivity index (χ0) is 26.5. The number of rotatable bonds is 9. The lowest BCUT2D eigenvalue weighted by atomic mass is 10.1. The van der Waals surface area contributed by atoms with Crippen molar-refractivity contribution in [1.82, 2.24) is 19.6 Å². The zero-order valence-corrected chi connectivity index (χ0v) is 21.6. The number of nitro benzene ring substituents is 1. The van der Waals surface area contributed by atoms with Crippen molar-refractivity contribution in [2.45, 2.75) is 33.7 Å². The van der Waals surface area contributed by atoms with Gasteiger partial charge in [-0.2, -0.15) is 5.10 Å². The first-order valence-electron chi connectivity index (χ1n) is 12.7. The molecule has 3 aromatic rings. The highest BCUT2D eigenvalue weighted by molar-refractivity contribution is 5.95. The molecular weight excluding hydrogens is 475 g/mol. The van der Waals surface area contributed by atoms with E-state index in [9.17, 15) is 19.3 Å². The molecule has 1 amide bonds. The van der Waals surface area contributed by atoms with Crippen molar-refractivity contribution in [3.8, 4) is 5.69 Å². The summed E-state index contributed by atoms with van der Waals surface area (Å²) in [6, 6.07) is 12.2. The van der Waals surface area contributed by atoms with E-state index in [2.05, 4.69) is 16.7 Å². The summed E-state index contributed by atoms with van der Waals surface area (Å²) in [4.78, 5) is 30.6. The van der Waals surface area contributed by atoms with Crippen LogP contribution in [0.15, 0.2) is 48.5 Å². The van der Waals surface area contributed by atoms with E-state index in [1.165, 1.54) is 30.3 Å². The lowest BCUT2D eigenvalue weighted by Crippen LogP contribution is -2.47. The summed E-state index contributed by atoms with van der Waals surface area (Å²) < 4.78 is 15.9. The number of aromatic nitrogens is 2. The number of nitrogens with zero attached hydrogens (tertiary/aromatic N) is 6.